The maximum Gasteiger partial charge on any atom is 0.254 e. The first-order valence-corrected chi connectivity index (χ1v) is 6.66. The molecule has 0 aliphatic carbocycles. The number of benzene rings is 1. The molecule has 2 aliphatic heterocycles. The van der Waals surface area contributed by atoms with Gasteiger partial charge in [0.05, 0.1) is 7.11 Å². The van der Waals surface area contributed by atoms with Crippen LogP contribution in [0.4, 0.5) is 0 Å². The minimum atomic E-state index is -1.08. The molecule has 112 valence electrons. The lowest BCUT2D eigenvalue weighted by Crippen LogP contribution is -2.53. The summed E-state index contributed by atoms with van der Waals surface area (Å²) in [4.78, 5) is 25.9. The maximum absolute atomic E-state index is 12.4. The lowest BCUT2D eigenvalue weighted by molar-refractivity contribution is -0.124. The summed E-state index contributed by atoms with van der Waals surface area (Å²) in [6, 6.07) is 5.37. The third kappa shape index (κ3) is 2.24. The Kier molecular flexibility index (Phi) is 3.11. The number of hydrogen-bond donors (Lipinski definition) is 3. The molecule has 21 heavy (non-hydrogen) atoms. The van der Waals surface area contributed by atoms with Crippen LogP contribution in [-0.2, 0) is 11.3 Å². The SMILES string of the molecule is COc1ccc2c(c1)C(=O)N(CC1(C)NC(O)NC1=O)C2. The highest BCUT2D eigenvalue weighted by Gasteiger charge is 2.45. The van der Waals surface area contributed by atoms with Crippen molar-refractivity contribution in [2.24, 2.45) is 0 Å². The van der Waals surface area contributed by atoms with Gasteiger partial charge in [-0.25, -0.2) is 0 Å². The zero-order chi connectivity index (χ0) is 15.2. The number of methoxy groups -OCH3 is 1. The van der Waals surface area contributed by atoms with Crippen molar-refractivity contribution in [2.45, 2.75) is 25.4 Å². The van der Waals surface area contributed by atoms with E-state index in [4.69, 9.17) is 4.74 Å². The van der Waals surface area contributed by atoms with Gasteiger partial charge in [0.25, 0.3) is 5.91 Å². The van der Waals surface area contributed by atoms with Gasteiger partial charge in [0.15, 0.2) is 6.35 Å². The lowest BCUT2D eigenvalue weighted by Gasteiger charge is -2.27. The number of fused-ring (bicyclic) bond motifs is 1. The highest BCUT2D eigenvalue weighted by atomic mass is 16.5. The summed E-state index contributed by atoms with van der Waals surface area (Å²) in [6.45, 7) is 2.29. The van der Waals surface area contributed by atoms with E-state index in [9.17, 15) is 14.7 Å². The zero-order valence-corrected chi connectivity index (χ0v) is 11.8. The summed E-state index contributed by atoms with van der Waals surface area (Å²) in [7, 11) is 1.55. The van der Waals surface area contributed by atoms with Crippen molar-refractivity contribution in [2.75, 3.05) is 13.7 Å². The minimum absolute atomic E-state index is 0.138. The summed E-state index contributed by atoms with van der Waals surface area (Å²) in [5, 5.41) is 14.6. The largest absolute Gasteiger partial charge is 0.497 e. The first-order valence-electron chi connectivity index (χ1n) is 6.66. The molecule has 1 aromatic rings. The Hall–Kier alpha value is -2.12. The van der Waals surface area contributed by atoms with Crippen LogP contribution in [0, 0.1) is 0 Å². The van der Waals surface area contributed by atoms with Crippen LogP contribution in [0.15, 0.2) is 18.2 Å². The third-order valence-electron chi connectivity index (χ3n) is 3.93. The number of nitrogens with one attached hydrogen (secondary N) is 2. The molecule has 1 saturated heterocycles. The molecule has 2 amide bonds. The zero-order valence-electron chi connectivity index (χ0n) is 11.8. The monoisotopic (exact) mass is 291 g/mol. The molecule has 0 spiro atoms. The molecule has 2 unspecified atom stereocenters. The molecule has 1 aromatic carbocycles. The molecular weight excluding hydrogens is 274 g/mol. The van der Waals surface area contributed by atoms with E-state index in [-0.39, 0.29) is 18.4 Å². The topological polar surface area (TPSA) is 90.9 Å². The van der Waals surface area contributed by atoms with Gasteiger partial charge in [-0.05, 0) is 24.6 Å². The Morgan fingerprint density at radius 1 is 1.48 bits per heavy atom. The molecule has 2 aliphatic rings. The lowest BCUT2D eigenvalue weighted by atomic mass is 10.0. The average molecular weight is 291 g/mol. The minimum Gasteiger partial charge on any atom is -0.497 e. The van der Waals surface area contributed by atoms with Gasteiger partial charge in [0, 0.05) is 18.7 Å². The van der Waals surface area contributed by atoms with Crippen LogP contribution in [-0.4, -0.2) is 47.4 Å². The van der Waals surface area contributed by atoms with Gasteiger partial charge < -0.3 is 20.1 Å². The number of ether oxygens (including phenoxy) is 1. The van der Waals surface area contributed by atoms with Crippen LogP contribution in [0.25, 0.3) is 0 Å². The molecule has 3 N–H and O–H groups in total. The Bertz CT molecular complexity index is 618. The summed E-state index contributed by atoms with van der Waals surface area (Å²) < 4.78 is 5.13. The highest BCUT2D eigenvalue weighted by molar-refractivity contribution is 5.99. The molecular formula is C14H17N3O4. The summed E-state index contributed by atoms with van der Waals surface area (Å²) >= 11 is 0. The Morgan fingerprint density at radius 3 is 2.86 bits per heavy atom. The molecule has 0 radical (unpaired) electrons. The molecule has 0 bridgehead atoms. The number of aliphatic hydroxyl groups is 1. The van der Waals surface area contributed by atoms with Crippen molar-refractivity contribution in [3.63, 3.8) is 0 Å². The number of aliphatic hydroxyl groups excluding tert-OH is 1. The Labute approximate surface area is 121 Å². The van der Waals surface area contributed by atoms with Gasteiger partial charge in [0.2, 0.25) is 5.91 Å². The van der Waals surface area contributed by atoms with E-state index in [1.165, 1.54) is 0 Å². The Morgan fingerprint density at radius 2 is 2.24 bits per heavy atom. The first-order chi connectivity index (χ1) is 9.93. The molecule has 2 atom stereocenters. The number of hydrogen-bond acceptors (Lipinski definition) is 5. The van der Waals surface area contributed by atoms with E-state index in [1.54, 1.807) is 25.0 Å². The number of carbonyl (C=O) groups is 2. The van der Waals surface area contributed by atoms with Crippen LogP contribution in [0.2, 0.25) is 0 Å². The molecule has 7 heteroatoms. The average Bonchev–Trinajstić information content (AvgIpc) is 2.87. The predicted molar refractivity (Wildman–Crippen MR) is 73.4 cm³/mol. The standard InChI is InChI=1S/C14H17N3O4/c1-14(12(19)15-13(20)16-14)7-17-6-8-3-4-9(21-2)5-10(8)11(17)18/h3-5,13,16,20H,6-7H2,1-2H3,(H,15,19). The predicted octanol–water partition coefficient (Wildman–Crippen LogP) is -0.595. The quantitative estimate of drug-likeness (QED) is 0.692. The fourth-order valence-electron chi connectivity index (χ4n) is 2.78. The molecule has 3 rings (SSSR count). The smallest absolute Gasteiger partial charge is 0.254 e. The van der Waals surface area contributed by atoms with E-state index in [2.05, 4.69) is 10.6 Å². The van der Waals surface area contributed by atoms with Gasteiger partial charge in [-0.15, -0.1) is 0 Å². The van der Waals surface area contributed by atoms with Crippen LogP contribution >= 0.6 is 0 Å². The van der Waals surface area contributed by atoms with Crippen LogP contribution in [0.5, 0.6) is 5.75 Å². The van der Waals surface area contributed by atoms with Gasteiger partial charge in [-0.1, -0.05) is 6.07 Å². The normalized spacial score (nSPS) is 27.8. The van der Waals surface area contributed by atoms with E-state index in [0.717, 1.165) is 5.56 Å². The number of rotatable bonds is 3. The summed E-state index contributed by atoms with van der Waals surface area (Å²) in [5.41, 5.74) is 0.501. The molecule has 0 aromatic heterocycles. The molecule has 2 heterocycles. The molecule has 0 saturated carbocycles. The van der Waals surface area contributed by atoms with Crippen molar-refractivity contribution >= 4 is 11.8 Å². The van der Waals surface area contributed by atoms with Crippen molar-refractivity contribution in [1.29, 1.82) is 0 Å². The van der Waals surface area contributed by atoms with E-state index < -0.39 is 11.9 Å². The number of carbonyl (C=O) groups excluding carboxylic acids is 2. The number of nitrogens with zero attached hydrogens (tertiary/aromatic N) is 1. The van der Waals surface area contributed by atoms with Crippen LogP contribution < -0.4 is 15.4 Å². The van der Waals surface area contributed by atoms with E-state index >= 15 is 0 Å². The van der Waals surface area contributed by atoms with Crippen LogP contribution in [0.1, 0.15) is 22.8 Å². The van der Waals surface area contributed by atoms with Crippen molar-refractivity contribution in [3.05, 3.63) is 29.3 Å². The Balaban J connectivity index is 1.81. The fourth-order valence-corrected chi connectivity index (χ4v) is 2.78. The number of amides is 2. The fraction of sp³-hybridized carbons (Fsp3) is 0.429. The van der Waals surface area contributed by atoms with E-state index in [0.29, 0.717) is 17.9 Å². The van der Waals surface area contributed by atoms with Gasteiger partial charge >= 0.3 is 0 Å². The molecule has 1 fully saturated rings. The van der Waals surface area contributed by atoms with Gasteiger partial charge in [-0.2, -0.15) is 0 Å². The van der Waals surface area contributed by atoms with E-state index in [1.807, 2.05) is 12.1 Å². The van der Waals surface area contributed by atoms with Gasteiger partial charge in [-0.3, -0.25) is 14.9 Å². The first kappa shape index (κ1) is 13.8. The van der Waals surface area contributed by atoms with Crippen molar-refractivity contribution < 1.29 is 19.4 Å². The second-order valence-corrected chi connectivity index (χ2v) is 5.54. The highest BCUT2D eigenvalue weighted by Crippen LogP contribution is 2.28. The molecule has 7 nitrogen and oxygen atoms in total. The summed E-state index contributed by atoms with van der Waals surface area (Å²) in [5.74, 6) is 0.166. The van der Waals surface area contributed by atoms with Crippen molar-refractivity contribution in [1.82, 2.24) is 15.5 Å². The van der Waals surface area contributed by atoms with Crippen molar-refractivity contribution in [3.8, 4) is 5.75 Å². The maximum atomic E-state index is 12.4. The third-order valence-corrected chi connectivity index (χ3v) is 3.93. The second kappa shape index (κ2) is 4.71. The second-order valence-electron chi connectivity index (χ2n) is 5.54. The van der Waals surface area contributed by atoms with Crippen LogP contribution in [0.3, 0.4) is 0 Å². The summed E-state index contributed by atoms with van der Waals surface area (Å²) in [6.07, 6.45) is -1.08. The van der Waals surface area contributed by atoms with Gasteiger partial charge in [0.1, 0.15) is 11.3 Å².